The number of esters is 1. The zero-order valence-corrected chi connectivity index (χ0v) is 10.9. The van der Waals surface area contributed by atoms with Gasteiger partial charge in [0.05, 0.1) is 19.6 Å². The Labute approximate surface area is 110 Å². The molecule has 19 heavy (non-hydrogen) atoms. The highest BCUT2D eigenvalue weighted by atomic mass is 19.3. The molecule has 6 heteroatoms. The van der Waals surface area contributed by atoms with Crippen molar-refractivity contribution in [2.75, 3.05) is 20.3 Å². The Bertz CT molecular complexity index is 438. The molecule has 0 fully saturated rings. The summed E-state index contributed by atoms with van der Waals surface area (Å²) < 4.78 is 37.5. The third-order valence-electron chi connectivity index (χ3n) is 2.74. The Kier molecular flexibility index (Phi) is 5.23. The van der Waals surface area contributed by atoms with Crippen LogP contribution in [0.1, 0.15) is 18.4 Å². The molecular formula is C13H17F2NO3. The van der Waals surface area contributed by atoms with Crippen LogP contribution in [0.4, 0.5) is 8.78 Å². The molecule has 0 aliphatic rings. The molecule has 0 aromatic heterocycles. The van der Waals surface area contributed by atoms with E-state index >= 15 is 0 Å². The Hall–Kier alpha value is -1.69. The summed E-state index contributed by atoms with van der Waals surface area (Å²) in [7, 11) is 1.37. The van der Waals surface area contributed by atoms with Crippen molar-refractivity contribution >= 4 is 5.97 Å². The summed E-state index contributed by atoms with van der Waals surface area (Å²) in [6.07, 6.45) is 0. The fourth-order valence-electron chi connectivity index (χ4n) is 1.79. The first-order valence-electron chi connectivity index (χ1n) is 5.87. The number of ether oxygens (including phenoxy) is 2. The van der Waals surface area contributed by atoms with Crippen LogP contribution in [-0.4, -0.2) is 32.2 Å². The molecule has 1 aromatic rings. The van der Waals surface area contributed by atoms with Crippen LogP contribution in [0.5, 0.6) is 5.75 Å². The number of carbonyl (C=O) groups is 1. The van der Waals surface area contributed by atoms with Gasteiger partial charge in [-0.1, -0.05) is 18.2 Å². The van der Waals surface area contributed by atoms with E-state index in [1.807, 2.05) is 0 Å². The Morgan fingerprint density at radius 3 is 2.58 bits per heavy atom. The molecule has 0 aliphatic heterocycles. The number of hydrogen-bond acceptors (Lipinski definition) is 4. The van der Waals surface area contributed by atoms with Crippen molar-refractivity contribution in [1.29, 1.82) is 0 Å². The van der Waals surface area contributed by atoms with Crippen molar-refractivity contribution in [3.05, 3.63) is 29.8 Å². The van der Waals surface area contributed by atoms with E-state index in [2.05, 4.69) is 4.74 Å². The number of benzene rings is 1. The summed E-state index contributed by atoms with van der Waals surface area (Å²) in [6.45, 7) is 0.957. The van der Waals surface area contributed by atoms with Gasteiger partial charge in [-0.3, -0.25) is 0 Å². The van der Waals surface area contributed by atoms with Gasteiger partial charge in [0, 0.05) is 12.1 Å². The van der Waals surface area contributed by atoms with Crippen molar-refractivity contribution < 1.29 is 23.0 Å². The first-order valence-corrected chi connectivity index (χ1v) is 5.87. The normalized spacial score (nSPS) is 12.9. The number of hydrogen-bond donors (Lipinski definition) is 1. The summed E-state index contributed by atoms with van der Waals surface area (Å²) in [6, 6.07) is 6.24. The topological polar surface area (TPSA) is 61.5 Å². The molecule has 0 spiro atoms. The number of methoxy groups -OCH3 is 1. The highest BCUT2D eigenvalue weighted by molar-refractivity contribution is 5.79. The minimum Gasteiger partial charge on any atom is -0.496 e. The molecule has 0 saturated heterocycles. The van der Waals surface area contributed by atoms with E-state index in [4.69, 9.17) is 10.5 Å². The lowest BCUT2D eigenvalue weighted by atomic mass is 9.91. The van der Waals surface area contributed by atoms with E-state index in [0.717, 1.165) is 0 Å². The lowest BCUT2D eigenvalue weighted by Gasteiger charge is -2.25. The van der Waals surface area contributed by atoms with Crippen molar-refractivity contribution in [3.63, 3.8) is 0 Å². The van der Waals surface area contributed by atoms with Crippen molar-refractivity contribution in [3.8, 4) is 5.75 Å². The van der Waals surface area contributed by atoms with E-state index in [0.29, 0.717) is 0 Å². The molecule has 0 bridgehead atoms. The van der Waals surface area contributed by atoms with Gasteiger partial charge in [-0.2, -0.15) is 8.78 Å². The number of carbonyl (C=O) groups excluding carboxylic acids is 1. The average Bonchev–Trinajstić information content (AvgIpc) is 2.40. The van der Waals surface area contributed by atoms with Gasteiger partial charge in [-0.25, -0.2) is 4.79 Å². The molecule has 0 amide bonds. The highest BCUT2D eigenvalue weighted by Gasteiger charge is 2.49. The van der Waals surface area contributed by atoms with Crippen LogP contribution in [0.15, 0.2) is 24.3 Å². The summed E-state index contributed by atoms with van der Waals surface area (Å²) in [5.41, 5.74) is 5.59. The second kappa shape index (κ2) is 6.47. The largest absolute Gasteiger partial charge is 0.496 e. The van der Waals surface area contributed by atoms with Crippen LogP contribution in [0.3, 0.4) is 0 Å². The van der Waals surface area contributed by atoms with Crippen molar-refractivity contribution in [1.82, 2.24) is 0 Å². The smallest absolute Gasteiger partial charge is 0.377 e. The van der Waals surface area contributed by atoms with Crippen LogP contribution >= 0.6 is 0 Å². The van der Waals surface area contributed by atoms with Gasteiger partial charge < -0.3 is 15.2 Å². The van der Waals surface area contributed by atoms with Gasteiger partial charge in [0.1, 0.15) is 5.75 Å². The van der Waals surface area contributed by atoms with Crippen LogP contribution in [0, 0.1) is 0 Å². The first kappa shape index (κ1) is 15.4. The molecule has 106 valence electrons. The molecular weight excluding hydrogens is 256 g/mol. The number of nitrogens with two attached hydrogens (primary N) is 1. The van der Waals surface area contributed by atoms with Gasteiger partial charge in [-0.05, 0) is 13.0 Å². The molecule has 1 aromatic carbocycles. The zero-order valence-electron chi connectivity index (χ0n) is 10.9. The third kappa shape index (κ3) is 3.20. The van der Waals surface area contributed by atoms with E-state index in [1.54, 1.807) is 18.2 Å². The lowest BCUT2D eigenvalue weighted by molar-refractivity contribution is -0.174. The number of alkyl halides is 2. The Balaban J connectivity index is 3.15. The highest BCUT2D eigenvalue weighted by Crippen LogP contribution is 2.38. The molecule has 0 radical (unpaired) electrons. The van der Waals surface area contributed by atoms with Crippen molar-refractivity contribution in [2.45, 2.75) is 18.8 Å². The molecule has 2 N–H and O–H groups in total. The van der Waals surface area contributed by atoms with Crippen molar-refractivity contribution in [2.24, 2.45) is 5.73 Å². The molecule has 4 nitrogen and oxygen atoms in total. The molecule has 0 heterocycles. The number of halogens is 2. The minimum absolute atomic E-state index is 0.113. The molecule has 1 unspecified atom stereocenters. The van der Waals surface area contributed by atoms with E-state index in [1.165, 1.54) is 20.1 Å². The zero-order chi connectivity index (χ0) is 14.5. The predicted octanol–water partition coefficient (Wildman–Crippen LogP) is 1.94. The molecule has 0 aliphatic carbocycles. The van der Waals surface area contributed by atoms with E-state index in [9.17, 15) is 13.6 Å². The monoisotopic (exact) mass is 273 g/mol. The number of para-hydroxylation sites is 1. The lowest BCUT2D eigenvalue weighted by Crippen LogP contribution is -2.41. The Morgan fingerprint density at radius 2 is 2.05 bits per heavy atom. The second-order valence-corrected chi connectivity index (χ2v) is 3.87. The third-order valence-corrected chi connectivity index (χ3v) is 2.74. The van der Waals surface area contributed by atoms with Gasteiger partial charge in [0.2, 0.25) is 0 Å². The summed E-state index contributed by atoms with van der Waals surface area (Å²) >= 11 is 0. The summed E-state index contributed by atoms with van der Waals surface area (Å²) in [5, 5.41) is 0. The Morgan fingerprint density at radius 1 is 1.42 bits per heavy atom. The SMILES string of the molecule is CCOC(=O)C(F)(F)C(CN)c1ccccc1OC. The summed E-state index contributed by atoms with van der Waals surface area (Å²) in [5.74, 6) is -6.49. The predicted molar refractivity (Wildman–Crippen MR) is 66.4 cm³/mol. The average molecular weight is 273 g/mol. The molecule has 1 rings (SSSR count). The first-order chi connectivity index (χ1) is 8.98. The van der Waals surface area contributed by atoms with Gasteiger partial charge in [0.15, 0.2) is 0 Å². The maximum absolute atomic E-state index is 14.1. The minimum atomic E-state index is -3.70. The van der Waals surface area contributed by atoms with Crippen LogP contribution < -0.4 is 10.5 Å². The second-order valence-electron chi connectivity index (χ2n) is 3.87. The van der Waals surface area contributed by atoms with Crippen LogP contribution in [0.25, 0.3) is 0 Å². The summed E-state index contributed by atoms with van der Waals surface area (Å²) in [4.78, 5) is 11.4. The van der Waals surface area contributed by atoms with Gasteiger partial charge in [-0.15, -0.1) is 0 Å². The van der Waals surface area contributed by atoms with E-state index in [-0.39, 0.29) is 17.9 Å². The van der Waals surface area contributed by atoms with Crippen LogP contribution in [0.2, 0.25) is 0 Å². The molecule has 0 saturated carbocycles. The van der Waals surface area contributed by atoms with Gasteiger partial charge >= 0.3 is 11.9 Å². The quantitative estimate of drug-likeness (QED) is 0.805. The maximum atomic E-state index is 14.1. The standard InChI is InChI=1S/C13H17F2NO3/c1-3-19-12(17)13(14,15)10(8-16)9-6-4-5-7-11(9)18-2/h4-7,10H,3,8,16H2,1-2H3. The van der Waals surface area contributed by atoms with E-state index < -0.39 is 24.4 Å². The fourth-order valence-corrected chi connectivity index (χ4v) is 1.79. The van der Waals surface area contributed by atoms with Gasteiger partial charge in [0.25, 0.3) is 0 Å². The number of rotatable bonds is 6. The molecule has 1 atom stereocenters. The fraction of sp³-hybridized carbons (Fsp3) is 0.462. The van der Waals surface area contributed by atoms with Crippen LogP contribution in [-0.2, 0) is 9.53 Å². The maximum Gasteiger partial charge on any atom is 0.377 e.